The molecule has 1 rings (SSSR count). The number of rotatable bonds is 6. The maximum absolute atomic E-state index is 12.2. The van der Waals surface area contributed by atoms with Gasteiger partial charge in [-0.15, -0.1) is 0 Å². The lowest BCUT2D eigenvalue weighted by Gasteiger charge is -2.23. The van der Waals surface area contributed by atoms with Crippen LogP contribution in [0.25, 0.3) is 0 Å². The summed E-state index contributed by atoms with van der Waals surface area (Å²) in [5, 5.41) is 9.51. The van der Waals surface area contributed by atoms with E-state index in [-0.39, 0.29) is 18.4 Å². The van der Waals surface area contributed by atoms with Gasteiger partial charge in [0.25, 0.3) is 0 Å². The molecule has 0 bridgehead atoms. The van der Waals surface area contributed by atoms with Crippen molar-refractivity contribution in [2.24, 2.45) is 11.8 Å². The van der Waals surface area contributed by atoms with Crippen LogP contribution in [0.4, 0.5) is 0 Å². The van der Waals surface area contributed by atoms with Crippen molar-refractivity contribution in [1.82, 2.24) is 4.90 Å². The fraction of sp³-hybridized carbons (Fsp3) is 0.467. The summed E-state index contributed by atoms with van der Waals surface area (Å²) in [5.74, 6) is -1.73. The molecule has 0 aliphatic carbocycles. The lowest BCUT2D eigenvalue weighted by molar-refractivity contribution is -0.143. The maximum atomic E-state index is 12.2. The van der Waals surface area contributed by atoms with Crippen LogP contribution < -0.4 is 0 Å². The number of hydrogen-bond donors (Lipinski definition) is 1. The number of benzene rings is 1. The van der Waals surface area contributed by atoms with Crippen LogP contribution in [0.15, 0.2) is 24.3 Å². The average Bonchev–Trinajstić information content (AvgIpc) is 2.37. The number of carboxylic acid groups (broad SMARTS) is 1. The first-order valence-electron chi connectivity index (χ1n) is 6.53. The molecule has 1 aromatic rings. The van der Waals surface area contributed by atoms with Gasteiger partial charge in [-0.1, -0.05) is 37.6 Å². The van der Waals surface area contributed by atoms with Crippen molar-refractivity contribution < 1.29 is 14.7 Å². The van der Waals surface area contributed by atoms with E-state index in [4.69, 9.17) is 16.7 Å². The van der Waals surface area contributed by atoms with Crippen LogP contribution in [0.3, 0.4) is 0 Å². The topological polar surface area (TPSA) is 57.6 Å². The van der Waals surface area contributed by atoms with Crippen molar-refractivity contribution in [2.45, 2.75) is 20.3 Å². The van der Waals surface area contributed by atoms with Gasteiger partial charge in [-0.25, -0.2) is 0 Å². The Kier molecular flexibility index (Phi) is 6.02. The summed E-state index contributed by atoms with van der Waals surface area (Å²) in [5.41, 5.74) is 0.998. The Morgan fingerprint density at radius 1 is 1.30 bits per heavy atom. The molecular formula is C15H20ClNO3. The standard InChI is InChI=1S/C15H20ClNO3/c1-10(7-12-5-4-6-13(16)8-12)14(18)17(3)9-11(2)15(19)20/h4-6,8,10-11H,7,9H2,1-3H3,(H,19,20). The Bertz CT molecular complexity index is 490. The summed E-state index contributed by atoms with van der Waals surface area (Å²) in [6.45, 7) is 3.65. The maximum Gasteiger partial charge on any atom is 0.308 e. The van der Waals surface area contributed by atoms with E-state index in [1.807, 2.05) is 25.1 Å². The minimum atomic E-state index is -0.896. The zero-order chi connectivity index (χ0) is 15.3. The molecule has 20 heavy (non-hydrogen) atoms. The lowest BCUT2D eigenvalue weighted by atomic mass is 9.99. The van der Waals surface area contributed by atoms with Crippen LogP contribution in [0.5, 0.6) is 0 Å². The van der Waals surface area contributed by atoms with E-state index in [9.17, 15) is 9.59 Å². The molecule has 1 N–H and O–H groups in total. The van der Waals surface area contributed by atoms with Crippen molar-refractivity contribution in [3.8, 4) is 0 Å². The third kappa shape index (κ3) is 4.85. The molecular weight excluding hydrogens is 278 g/mol. The largest absolute Gasteiger partial charge is 0.481 e. The normalized spacial score (nSPS) is 13.6. The predicted molar refractivity (Wildman–Crippen MR) is 78.8 cm³/mol. The molecule has 5 heteroatoms. The molecule has 0 radical (unpaired) electrons. The average molecular weight is 298 g/mol. The van der Waals surface area contributed by atoms with E-state index < -0.39 is 11.9 Å². The third-order valence-electron chi connectivity index (χ3n) is 3.20. The van der Waals surface area contributed by atoms with E-state index in [1.165, 1.54) is 4.90 Å². The Labute approximate surface area is 124 Å². The molecule has 1 amide bonds. The second-order valence-electron chi connectivity index (χ2n) is 5.19. The SMILES string of the molecule is CC(CN(C)C(=O)C(C)Cc1cccc(Cl)c1)C(=O)O. The molecule has 0 saturated heterocycles. The van der Waals surface area contributed by atoms with Crippen molar-refractivity contribution >= 4 is 23.5 Å². The number of carbonyl (C=O) groups excluding carboxylic acids is 1. The van der Waals surface area contributed by atoms with Crippen LogP contribution in [0.2, 0.25) is 5.02 Å². The molecule has 0 aromatic heterocycles. The second-order valence-corrected chi connectivity index (χ2v) is 5.63. The van der Waals surface area contributed by atoms with Crippen molar-refractivity contribution in [1.29, 1.82) is 0 Å². The molecule has 2 unspecified atom stereocenters. The number of halogens is 1. The highest BCUT2D eigenvalue weighted by Crippen LogP contribution is 2.16. The fourth-order valence-corrected chi connectivity index (χ4v) is 2.27. The van der Waals surface area contributed by atoms with Gasteiger partial charge in [-0.2, -0.15) is 0 Å². The van der Waals surface area contributed by atoms with E-state index in [0.717, 1.165) is 5.56 Å². The summed E-state index contributed by atoms with van der Waals surface area (Å²) in [7, 11) is 1.64. The molecule has 1 aromatic carbocycles. The van der Waals surface area contributed by atoms with Crippen molar-refractivity contribution in [2.75, 3.05) is 13.6 Å². The van der Waals surface area contributed by atoms with Crippen molar-refractivity contribution in [3.05, 3.63) is 34.9 Å². The van der Waals surface area contributed by atoms with Gasteiger partial charge < -0.3 is 10.0 Å². The monoisotopic (exact) mass is 297 g/mol. The quantitative estimate of drug-likeness (QED) is 0.878. The van der Waals surface area contributed by atoms with Gasteiger partial charge in [0.1, 0.15) is 0 Å². The molecule has 0 spiro atoms. The summed E-state index contributed by atoms with van der Waals surface area (Å²) in [4.78, 5) is 24.5. The first-order valence-corrected chi connectivity index (χ1v) is 6.91. The summed E-state index contributed by atoms with van der Waals surface area (Å²) in [6, 6.07) is 7.41. The highest BCUT2D eigenvalue weighted by atomic mass is 35.5. The first-order chi connectivity index (χ1) is 9.31. The highest BCUT2D eigenvalue weighted by molar-refractivity contribution is 6.30. The highest BCUT2D eigenvalue weighted by Gasteiger charge is 2.21. The van der Waals surface area contributed by atoms with Crippen LogP contribution in [-0.2, 0) is 16.0 Å². The van der Waals surface area contributed by atoms with Crippen LogP contribution in [-0.4, -0.2) is 35.5 Å². The molecule has 0 heterocycles. The smallest absolute Gasteiger partial charge is 0.308 e. The van der Waals surface area contributed by atoms with Crippen molar-refractivity contribution in [3.63, 3.8) is 0 Å². The van der Waals surface area contributed by atoms with E-state index in [0.29, 0.717) is 11.4 Å². The Hall–Kier alpha value is -1.55. The molecule has 110 valence electrons. The minimum absolute atomic E-state index is 0.0573. The number of hydrogen-bond acceptors (Lipinski definition) is 2. The number of carbonyl (C=O) groups is 2. The molecule has 2 atom stereocenters. The minimum Gasteiger partial charge on any atom is -0.481 e. The molecule has 4 nitrogen and oxygen atoms in total. The molecule has 0 aliphatic rings. The number of carboxylic acids is 1. The van der Waals surface area contributed by atoms with Crippen LogP contribution in [0, 0.1) is 11.8 Å². The predicted octanol–water partition coefficient (Wildman–Crippen LogP) is 2.70. The van der Waals surface area contributed by atoms with Gasteiger partial charge in [0.15, 0.2) is 0 Å². The van der Waals surface area contributed by atoms with Gasteiger partial charge in [0.2, 0.25) is 5.91 Å². The van der Waals surface area contributed by atoms with E-state index >= 15 is 0 Å². The van der Waals surface area contributed by atoms with Gasteiger partial charge in [-0.05, 0) is 24.1 Å². The Morgan fingerprint density at radius 2 is 1.95 bits per heavy atom. The number of amides is 1. The zero-order valence-corrected chi connectivity index (χ0v) is 12.7. The van der Waals surface area contributed by atoms with Gasteiger partial charge >= 0.3 is 5.97 Å². The molecule has 0 fully saturated rings. The Morgan fingerprint density at radius 3 is 2.50 bits per heavy atom. The van der Waals surface area contributed by atoms with Crippen LogP contribution >= 0.6 is 11.6 Å². The summed E-state index contributed by atoms with van der Waals surface area (Å²) < 4.78 is 0. The first kappa shape index (κ1) is 16.5. The second kappa shape index (κ2) is 7.29. The van der Waals surface area contributed by atoms with Gasteiger partial charge in [0.05, 0.1) is 5.92 Å². The fourth-order valence-electron chi connectivity index (χ4n) is 2.06. The van der Waals surface area contributed by atoms with E-state index in [1.54, 1.807) is 20.0 Å². The third-order valence-corrected chi connectivity index (χ3v) is 3.43. The lowest BCUT2D eigenvalue weighted by Crippen LogP contribution is -2.37. The van der Waals surface area contributed by atoms with Gasteiger partial charge in [-0.3, -0.25) is 9.59 Å². The zero-order valence-electron chi connectivity index (χ0n) is 12.0. The van der Waals surface area contributed by atoms with Gasteiger partial charge in [0, 0.05) is 24.5 Å². The van der Waals surface area contributed by atoms with Crippen LogP contribution in [0.1, 0.15) is 19.4 Å². The molecule has 0 saturated carbocycles. The van der Waals surface area contributed by atoms with E-state index in [2.05, 4.69) is 0 Å². The number of nitrogens with zero attached hydrogens (tertiary/aromatic N) is 1. The summed E-state index contributed by atoms with van der Waals surface area (Å²) >= 11 is 5.91. The number of aliphatic carboxylic acids is 1. The Balaban J connectivity index is 2.60. The summed E-state index contributed by atoms with van der Waals surface area (Å²) in [6.07, 6.45) is 0.588. The molecule has 0 aliphatic heterocycles.